The van der Waals surface area contributed by atoms with Gasteiger partial charge in [-0.1, -0.05) is 12.1 Å². The van der Waals surface area contributed by atoms with Gasteiger partial charge in [0.1, 0.15) is 0 Å². The molecule has 0 bridgehead atoms. The van der Waals surface area contributed by atoms with E-state index in [1.54, 1.807) is 0 Å². The summed E-state index contributed by atoms with van der Waals surface area (Å²) < 4.78 is 48.5. The molecule has 1 heterocycles. The summed E-state index contributed by atoms with van der Waals surface area (Å²) in [6.07, 6.45) is 1.53. The zero-order valence-electron chi connectivity index (χ0n) is 11.2. The molecule has 116 valence electrons. The van der Waals surface area contributed by atoms with Crippen LogP contribution in [0.1, 0.15) is 12.8 Å². The number of alkyl halides is 2. The molecule has 21 heavy (non-hydrogen) atoms. The molecule has 0 saturated carbocycles. The number of piperidine rings is 1. The normalized spacial score (nSPS) is 19.5. The van der Waals surface area contributed by atoms with E-state index in [1.165, 1.54) is 18.2 Å². The fraction of sp³-hybridized carbons (Fsp3) is 0.462. The number of amides is 1. The number of halogens is 2. The van der Waals surface area contributed by atoms with Gasteiger partial charge >= 0.3 is 5.76 Å². The Labute approximate surface area is 121 Å². The summed E-state index contributed by atoms with van der Waals surface area (Å²) in [4.78, 5) is 11.5. The number of anilines is 1. The first kappa shape index (κ1) is 15.8. The van der Waals surface area contributed by atoms with E-state index >= 15 is 0 Å². The lowest BCUT2D eigenvalue weighted by Crippen LogP contribution is -2.37. The van der Waals surface area contributed by atoms with E-state index in [9.17, 15) is 22.0 Å². The van der Waals surface area contributed by atoms with Crippen molar-refractivity contribution >= 4 is 21.4 Å². The van der Waals surface area contributed by atoms with E-state index < -0.39 is 20.5 Å². The van der Waals surface area contributed by atoms with Gasteiger partial charge in [0.05, 0.1) is 16.5 Å². The molecule has 1 fully saturated rings. The third-order valence-corrected chi connectivity index (χ3v) is 4.79. The highest BCUT2D eigenvalue weighted by atomic mass is 32.2. The Hall–Kier alpha value is -1.54. The minimum Gasteiger partial charge on any atom is -0.325 e. The molecule has 1 atom stereocenters. The number of benzene rings is 1. The summed E-state index contributed by atoms with van der Waals surface area (Å²) in [7, 11) is -4.75. The van der Waals surface area contributed by atoms with Crippen LogP contribution in [0, 0.1) is 5.92 Å². The number of hydrogen-bond acceptors (Lipinski definition) is 4. The monoisotopic (exact) mass is 318 g/mol. The van der Waals surface area contributed by atoms with Crippen molar-refractivity contribution in [1.82, 2.24) is 5.32 Å². The van der Waals surface area contributed by atoms with Gasteiger partial charge in [-0.2, -0.15) is 8.78 Å². The summed E-state index contributed by atoms with van der Waals surface area (Å²) in [5.74, 6) is -4.17. The van der Waals surface area contributed by atoms with Gasteiger partial charge in [0.25, 0.3) is 0 Å². The SMILES string of the molecule is O=C(Nc1ccccc1S(=O)(=O)C(F)F)C1CCCNC1. The minimum atomic E-state index is -4.75. The molecule has 1 aromatic carbocycles. The predicted molar refractivity (Wildman–Crippen MR) is 73.9 cm³/mol. The number of rotatable bonds is 4. The molecule has 1 aliphatic heterocycles. The predicted octanol–water partition coefficient (Wildman–Crippen LogP) is 1.62. The van der Waals surface area contributed by atoms with Crippen LogP contribution in [-0.2, 0) is 14.6 Å². The Morgan fingerprint density at radius 2 is 2.05 bits per heavy atom. The van der Waals surface area contributed by atoms with Crippen LogP contribution < -0.4 is 10.6 Å². The summed E-state index contributed by atoms with van der Waals surface area (Å²) >= 11 is 0. The maximum absolute atomic E-state index is 12.7. The van der Waals surface area contributed by atoms with Crippen LogP contribution >= 0.6 is 0 Å². The fourth-order valence-electron chi connectivity index (χ4n) is 2.22. The maximum Gasteiger partial charge on any atom is 0.341 e. The second-order valence-electron chi connectivity index (χ2n) is 4.83. The lowest BCUT2D eigenvalue weighted by atomic mass is 9.99. The van der Waals surface area contributed by atoms with Crippen LogP contribution in [0.3, 0.4) is 0 Å². The van der Waals surface area contributed by atoms with Crippen molar-refractivity contribution in [2.75, 3.05) is 18.4 Å². The van der Waals surface area contributed by atoms with E-state index in [0.29, 0.717) is 13.0 Å². The van der Waals surface area contributed by atoms with Gasteiger partial charge in [-0.15, -0.1) is 0 Å². The molecule has 0 radical (unpaired) electrons. The van der Waals surface area contributed by atoms with Crippen molar-refractivity contribution in [3.63, 3.8) is 0 Å². The maximum atomic E-state index is 12.7. The highest BCUT2D eigenvalue weighted by Crippen LogP contribution is 2.26. The first-order chi connectivity index (χ1) is 9.93. The number of para-hydroxylation sites is 1. The molecule has 5 nitrogen and oxygen atoms in total. The number of carbonyl (C=O) groups is 1. The molecular weight excluding hydrogens is 302 g/mol. The minimum absolute atomic E-state index is 0.103. The summed E-state index contributed by atoms with van der Waals surface area (Å²) in [6, 6.07) is 5.20. The number of carbonyl (C=O) groups excluding carboxylic acids is 1. The second kappa shape index (κ2) is 6.48. The quantitative estimate of drug-likeness (QED) is 0.884. The standard InChI is InChI=1S/C13H16F2N2O3S/c14-13(15)21(19,20)11-6-2-1-5-10(11)17-12(18)9-4-3-7-16-8-9/h1-2,5-6,9,13,16H,3-4,7-8H2,(H,17,18). The third kappa shape index (κ3) is 3.56. The smallest absolute Gasteiger partial charge is 0.325 e. The average Bonchev–Trinajstić information content (AvgIpc) is 2.48. The van der Waals surface area contributed by atoms with Crippen LogP contribution in [-0.4, -0.2) is 33.2 Å². The van der Waals surface area contributed by atoms with E-state index in [1.807, 2.05) is 0 Å². The topological polar surface area (TPSA) is 75.3 Å². The zero-order valence-corrected chi connectivity index (χ0v) is 12.0. The van der Waals surface area contributed by atoms with Crippen molar-refractivity contribution in [2.24, 2.45) is 5.92 Å². The van der Waals surface area contributed by atoms with Crippen molar-refractivity contribution in [3.05, 3.63) is 24.3 Å². The molecular formula is C13H16F2N2O3S. The average molecular weight is 318 g/mol. The number of nitrogens with one attached hydrogen (secondary N) is 2. The van der Waals surface area contributed by atoms with Crippen molar-refractivity contribution in [2.45, 2.75) is 23.5 Å². The molecule has 0 aromatic heterocycles. The molecule has 1 aliphatic rings. The first-order valence-corrected chi connectivity index (χ1v) is 8.10. The van der Waals surface area contributed by atoms with E-state index in [4.69, 9.17) is 0 Å². The van der Waals surface area contributed by atoms with E-state index in [2.05, 4.69) is 10.6 Å². The van der Waals surface area contributed by atoms with Gasteiger partial charge in [-0.05, 0) is 31.5 Å². The fourth-order valence-corrected chi connectivity index (χ4v) is 3.11. The molecule has 1 unspecified atom stereocenters. The highest BCUT2D eigenvalue weighted by molar-refractivity contribution is 7.91. The lowest BCUT2D eigenvalue weighted by molar-refractivity contribution is -0.120. The zero-order chi connectivity index (χ0) is 15.5. The van der Waals surface area contributed by atoms with Gasteiger partial charge < -0.3 is 10.6 Å². The van der Waals surface area contributed by atoms with E-state index in [0.717, 1.165) is 19.0 Å². The summed E-state index contributed by atoms with van der Waals surface area (Å²) in [5, 5.41) is 5.52. The van der Waals surface area contributed by atoms with Crippen LogP contribution in [0.5, 0.6) is 0 Å². The highest BCUT2D eigenvalue weighted by Gasteiger charge is 2.30. The lowest BCUT2D eigenvalue weighted by Gasteiger charge is -2.22. The summed E-state index contributed by atoms with van der Waals surface area (Å²) in [5.41, 5.74) is -0.103. The molecule has 1 saturated heterocycles. The Kier molecular flexibility index (Phi) is 4.89. The Bertz CT molecular complexity index is 614. The van der Waals surface area contributed by atoms with Gasteiger partial charge in [-0.3, -0.25) is 4.79 Å². The number of sulfone groups is 1. The number of hydrogen-bond donors (Lipinski definition) is 2. The van der Waals surface area contributed by atoms with Crippen molar-refractivity contribution in [3.8, 4) is 0 Å². The summed E-state index contributed by atoms with van der Waals surface area (Å²) in [6.45, 7) is 1.33. The Balaban J connectivity index is 2.23. The molecule has 2 rings (SSSR count). The van der Waals surface area contributed by atoms with Crippen LogP contribution in [0.25, 0.3) is 0 Å². The first-order valence-electron chi connectivity index (χ1n) is 6.55. The van der Waals surface area contributed by atoms with E-state index in [-0.39, 0.29) is 17.5 Å². The van der Waals surface area contributed by atoms with Crippen LogP contribution in [0.15, 0.2) is 29.2 Å². The van der Waals surface area contributed by atoms with Crippen LogP contribution in [0.4, 0.5) is 14.5 Å². The van der Waals surface area contributed by atoms with Gasteiger partial charge in [0.15, 0.2) is 0 Å². The Morgan fingerprint density at radius 3 is 2.67 bits per heavy atom. The largest absolute Gasteiger partial charge is 0.341 e. The van der Waals surface area contributed by atoms with Crippen molar-refractivity contribution in [1.29, 1.82) is 0 Å². The van der Waals surface area contributed by atoms with Crippen LogP contribution in [0.2, 0.25) is 0 Å². The molecule has 0 aliphatic carbocycles. The molecule has 1 aromatic rings. The third-order valence-electron chi connectivity index (χ3n) is 3.35. The van der Waals surface area contributed by atoms with Crippen molar-refractivity contribution < 1.29 is 22.0 Å². The van der Waals surface area contributed by atoms with Gasteiger partial charge in [0.2, 0.25) is 15.7 Å². The molecule has 2 N–H and O–H groups in total. The molecule has 0 spiro atoms. The van der Waals surface area contributed by atoms with Gasteiger partial charge in [-0.25, -0.2) is 8.42 Å². The molecule has 8 heteroatoms. The Morgan fingerprint density at radius 1 is 1.33 bits per heavy atom. The second-order valence-corrected chi connectivity index (χ2v) is 6.72. The molecule has 1 amide bonds. The van der Waals surface area contributed by atoms with Gasteiger partial charge in [0, 0.05) is 6.54 Å².